The van der Waals surface area contributed by atoms with Crippen molar-refractivity contribution in [2.75, 3.05) is 6.61 Å². The van der Waals surface area contributed by atoms with Gasteiger partial charge >= 0.3 is 0 Å². The number of ether oxygens (including phenoxy) is 1. The lowest BCUT2D eigenvalue weighted by Gasteiger charge is -2.18. The molecule has 1 aromatic heterocycles. The Balaban J connectivity index is 1.49. The number of hydrogen-bond acceptors (Lipinski definition) is 4. The van der Waals surface area contributed by atoms with E-state index in [1.165, 1.54) is 5.56 Å². The van der Waals surface area contributed by atoms with Crippen LogP contribution >= 0.6 is 0 Å². The van der Waals surface area contributed by atoms with Gasteiger partial charge in [-0.05, 0) is 30.0 Å². The molecule has 6 nitrogen and oxygen atoms in total. The summed E-state index contributed by atoms with van der Waals surface area (Å²) in [5, 5.41) is 10.7. The van der Waals surface area contributed by atoms with Crippen molar-refractivity contribution in [3.8, 4) is 5.75 Å². The molecule has 3 rings (SSSR count). The van der Waals surface area contributed by atoms with E-state index in [1.807, 2.05) is 23.7 Å². The van der Waals surface area contributed by atoms with Gasteiger partial charge in [0.2, 0.25) is 5.91 Å². The first-order valence-electron chi connectivity index (χ1n) is 7.56. The summed E-state index contributed by atoms with van der Waals surface area (Å²) in [6.07, 6.45) is 4.76. The molecular weight excluding hydrogens is 280 g/mol. The molecule has 1 aliphatic rings. The van der Waals surface area contributed by atoms with Crippen molar-refractivity contribution in [1.82, 2.24) is 20.1 Å². The maximum atomic E-state index is 11.9. The summed E-state index contributed by atoms with van der Waals surface area (Å²) in [5.74, 6) is 1.82. The monoisotopic (exact) mass is 300 g/mol. The molecule has 1 N–H and O–H groups in total. The van der Waals surface area contributed by atoms with Gasteiger partial charge in [-0.1, -0.05) is 12.1 Å². The van der Waals surface area contributed by atoms with E-state index in [0.717, 1.165) is 36.6 Å². The van der Waals surface area contributed by atoms with Crippen molar-refractivity contribution in [3.05, 3.63) is 41.5 Å². The summed E-state index contributed by atoms with van der Waals surface area (Å²) >= 11 is 0. The number of carbonyl (C=O) groups is 1. The molecule has 0 saturated heterocycles. The van der Waals surface area contributed by atoms with E-state index in [9.17, 15) is 4.79 Å². The van der Waals surface area contributed by atoms with Crippen LogP contribution in [-0.2, 0) is 31.2 Å². The van der Waals surface area contributed by atoms with Crippen molar-refractivity contribution in [2.24, 2.45) is 7.05 Å². The highest BCUT2D eigenvalue weighted by atomic mass is 16.5. The van der Waals surface area contributed by atoms with Crippen molar-refractivity contribution < 1.29 is 9.53 Å². The Bertz CT molecular complexity index is 666. The van der Waals surface area contributed by atoms with Crippen molar-refractivity contribution >= 4 is 5.91 Å². The Morgan fingerprint density at radius 3 is 3.18 bits per heavy atom. The van der Waals surface area contributed by atoms with E-state index in [4.69, 9.17) is 4.74 Å². The van der Waals surface area contributed by atoms with Crippen molar-refractivity contribution in [1.29, 1.82) is 0 Å². The minimum atomic E-state index is 0.0250. The van der Waals surface area contributed by atoms with Crippen LogP contribution in [0.5, 0.6) is 5.75 Å². The Hall–Kier alpha value is -2.37. The van der Waals surface area contributed by atoms with Crippen LogP contribution in [0.25, 0.3) is 0 Å². The number of nitrogens with zero attached hydrogens (tertiary/aromatic N) is 3. The molecule has 1 aliphatic heterocycles. The number of nitrogens with one attached hydrogen (secondary N) is 1. The van der Waals surface area contributed by atoms with E-state index in [2.05, 4.69) is 21.6 Å². The predicted octanol–water partition coefficient (Wildman–Crippen LogP) is 1.39. The molecule has 0 fully saturated rings. The van der Waals surface area contributed by atoms with E-state index in [1.54, 1.807) is 6.33 Å². The van der Waals surface area contributed by atoms with Crippen LogP contribution in [0.1, 0.15) is 29.8 Å². The number of rotatable bonds is 5. The molecule has 6 heteroatoms. The van der Waals surface area contributed by atoms with Crippen LogP contribution in [0.3, 0.4) is 0 Å². The second kappa shape index (κ2) is 6.60. The number of carbonyl (C=O) groups excluding carboxylic acids is 1. The second-order valence-electron chi connectivity index (χ2n) is 5.53. The zero-order valence-electron chi connectivity index (χ0n) is 12.7. The van der Waals surface area contributed by atoms with E-state index < -0.39 is 0 Å². The molecule has 2 heterocycles. The minimum Gasteiger partial charge on any atom is -0.493 e. The molecule has 0 bridgehead atoms. The average molecular weight is 300 g/mol. The largest absolute Gasteiger partial charge is 0.493 e. The molecular formula is C16H20N4O2. The Labute approximate surface area is 129 Å². The Morgan fingerprint density at radius 2 is 2.36 bits per heavy atom. The SMILES string of the molecule is Cn1cnnc1CCC(=O)NCc1ccc2c(c1)CCCO2. The second-order valence-corrected chi connectivity index (χ2v) is 5.53. The number of aromatic nitrogens is 3. The van der Waals surface area contributed by atoms with Gasteiger partial charge in [0, 0.05) is 26.4 Å². The van der Waals surface area contributed by atoms with Crippen LogP contribution in [0.4, 0.5) is 0 Å². The fourth-order valence-electron chi connectivity index (χ4n) is 2.57. The molecule has 1 aromatic carbocycles. The number of fused-ring (bicyclic) bond motifs is 1. The van der Waals surface area contributed by atoms with Crippen molar-refractivity contribution in [3.63, 3.8) is 0 Å². The maximum absolute atomic E-state index is 11.9. The van der Waals surface area contributed by atoms with Crippen LogP contribution in [-0.4, -0.2) is 27.3 Å². The molecule has 1 amide bonds. The molecule has 2 aromatic rings. The summed E-state index contributed by atoms with van der Waals surface area (Å²) < 4.78 is 7.42. The van der Waals surface area contributed by atoms with Gasteiger partial charge in [-0.25, -0.2) is 0 Å². The third kappa shape index (κ3) is 3.44. The van der Waals surface area contributed by atoms with E-state index >= 15 is 0 Å². The zero-order chi connectivity index (χ0) is 15.4. The van der Waals surface area contributed by atoms with Crippen LogP contribution < -0.4 is 10.1 Å². The average Bonchev–Trinajstić information content (AvgIpc) is 2.96. The van der Waals surface area contributed by atoms with E-state index in [-0.39, 0.29) is 5.91 Å². The number of aryl methyl sites for hydroxylation is 3. The van der Waals surface area contributed by atoms with Gasteiger partial charge in [0.25, 0.3) is 0 Å². The van der Waals surface area contributed by atoms with Crippen molar-refractivity contribution in [2.45, 2.75) is 32.2 Å². The highest BCUT2D eigenvalue weighted by Crippen LogP contribution is 2.25. The van der Waals surface area contributed by atoms with Gasteiger partial charge in [0.05, 0.1) is 6.61 Å². The summed E-state index contributed by atoms with van der Waals surface area (Å²) in [7, 11) is 1.88. The lowest BCUT2D eigenvalue weighted by atomic mass is 10.0. The van der Waals surface area contributed by atoms with Gasteiger partial charge in [-0.15, -0.1) is 10.2 Å². The normalized spacial score (nSPS) is 13.3. The minimum absolute atomic E-state index is 0.0250. The zero-order valence-corrected chi connectivity index (χ0v) is 12.7. The van der Waals surface area contributed by atoms with Crippen LogP contribution in [0.15, 0.2) is 24.5 Å². The topological polar surface area (TPSA) is 69.0 Å². The molecule has 0 unspecified atom stereocenters. The number of benzene rings is 1. The van der Waals surface area contributed by atoms with Gasteiger partial charge in [0.1, 0.15) is 17.9 Å². The first kappa shape index (κ1) is 14.6. The van der Waals surface area contributed by atoms with Gasteiger partial charge in [0.15, 0.2) is 0 Å². The quantitative estimate of drug-likeness (QED) is 0.906. The van der Waals surface area contributed by atoms with Gasteiger partial charge in [-0.3, -0.25) is 4.79 Å². The highest BCUT2D eigenvalue weighted by Gasteiger charge is 2.11. The lowest BCUT2D eigenvalue weighted by molar-refractivity contribution is -0.121. The maximum Gasteiger partial charge on any atom is 0.220 e. The molecule has 0 saturated carbocycles. The smallest absolute Gasteiger partial charge is 0.220 e. The molecule has 0 aliphatic carbocycles. The van der Waals surface area contributed by atoms with Gasteiger partial charge < -0.3 is 14.6 Å². The molecule has 0 spiro atoms. The first-order chi connectivity index (χ1) is 10.7. The van der Waals surface area contributed by atoms with Crippen LogP contribution in [0, 0.1) is 0 Å². The summed E-state index contributed by atoms with van der Waals surface area (Å²) in [4.78, 5) is 11.9. The number of hydrogen-bond donors (Lipinski definition) is 1. The summed E-state index contributed by atoms with van der Waals surface area (Å²) in [6.45, 7) is 1.34. The third-order valence-electron chi connectivity index (χ3n) is 3.84. The standard InChI is InChI=1S/C16H20N4O2/c1-20-11-18-19-15(20)6-7-16(21)17-10-12-4-5-14-13(9-12)3-2-8-22-14/h4-5,9,11H,2-3,6-8,10H2,1H3,(H,17,21). The van der Waals surface area contributed by atoms with E-state index in [0.29, 0.717) is 19.4 Å². The molecule has 0 atom stereocenters. The highest BCUT2D eigenvalue weighted by molar-refractivity contribution is 5.76. The van der Waals surface area contributed by atoms with Gasteiger partial charge in [-0.2, -0.15) is 0 Å². The molecule has 22 heavy (non-hydrogen) atoms. The first-order valence-corrected chi connectivity index (χ1v) is 7.56. The third-order valence-corrected chi connectivity index (χ3v) is 3.84. The molecule has 0 radical (unpaired) electrons. The summed E-state index contributed by atoms with van der Waals surface area (Å²) in [5.41, 5.74) is 2.34. The fraction of sp³-hybridized carbons (Fsp3) is 0.438. The number of amides is 1. The lowest BCUT2D eigenvalue weighted by Crippen LogP contribution is -2.23. The molecule has 116 valence electrons. The Morgan fingerprint density at radius 1 is 1.45 bits per heavy atom. The summed E-state index contributed by atoms with van der Waals surface area (Å²) in [6, 6.07) is 6.13. The Kier molecular flexibility index (Phi) is 4.37. The van der Waals surface area contributed by atoms with Crippen LogP contribution in [0.2, 0.25) is 0 Å². The predicted molar refractivity (Wildman–Crippen MR) is 81.4 cm³/mol. The fourth-order valence-corrected chi connectivity index (χ4v) is 2.57.